The molecule has 0 atom stereocenters. The van der Waals surface area contributed by atoms with Gasteiger partial charge in [-0.3, -0.25) is 4.79 Å². The molecule has 1 heterocycles. The number of anilines is 2. The molecule has 5 nitrogen and oxygen atoms in total. The van der Waals surface area contributed by atoms with E-state index in [1.807, 2.05) is 72.5 Å². The predicted octanol–water partition coefficient (Wildman–Crippen LogP) is 3.87. The van der Waals surface area contributed by atoms with E-state index < -0.39 is 0 Å². The molecular formula is C21H22N4O. The van der Waals surface area contributed by atoms with Crippen LogP contribution in [0.15, 0.2) is 66.7 Å². The second-order valence-electron chi connectivity index (χ2n) is 6.02. The van der Waals surface area contributed by atoms with Gasteiger partial charge in [-0.15, -0.1) is 10.2 Å². The largest absolute Gasteiger partial charge is 0.347 e. The van der Waals surface area contributed by atoms with Crippen molar-refractivity contribution in [2.75, 3.05) is 11.4 Å². The number of carbonyl (C=O) groups is 1. The molecular weight excluding hydrogens is 324 g/mol. The molecule has 0 aliphatic carbocycles. The minimum atomic E-state index is -0.229. The van der Waals surface area contributed by atoms with Crippen LogP contribution in [0.5, 0.6) is 0 Å². The van der Waals surface area contributed by atoms with Crippen molar-refractivity contribution in [1.82, 2.24) is 15.5 Å². The lowest BCUT2D eigenvalue weighted by atomic mass is 10.1. The number of hydrogen-bond acceptors (Lipinski definition) is 4. The van der Waals surface area contributed by atoms with Crippen LogP contribution < -0.4 is 10.2 Å². The molecule has 0 saturated carbocycles. The molecule has 0 fully saturated rings. The fourth-order valence-corrected chi connectivity index (χ4v) is 2.65. The van der Waals surface area contributed by atoms with Crippen molar-refractivity contribution in [2.45, 2.75) is 20.4 Å². The third-order valence-corrected chi connectivity index (χ3v) is 4.12. The summed E-state index contributed by atoms with van der Waals surface area (Å²) in [6.07, 6.45) is 0. The first kappa shape index (κ1) is 17.6. The molecule has 0 unspecified atom stereocenters. The van der Waals surface area contributed by atoms with E-state index in [1.54, 1.807) is 6.07 Å². The third kappa shape index (κ3) is 4.25. The van der Waals surface area contributed by atoms with Crippen molar-refractivity contribution in [3.8, 4) is 0 Å². The number of carbonyl (C=O) groups excluding carboxylic acids is 1. The van der Waals surface area contributed by atoms with Crippen molar-refractivity contribution in [3.63, 3.8) is 0 Å². The van der Waals surface area contributed by atoms with E-state index in [4.69, 9.17) is 0 Å². The molecule has 1 amide bonds. The minimum absolute atomic E-state index is 0.229. The van der Waals surface area contributed by atoms with Gasteiger partial charge in [0.05, 0.1) is 0 Å². The Balaban J connectivity index is 1.66. The van der Waals surface area contributed by atoms with E-state index in [1.165, 1.54) is 5.56 Å². The summed E-state index contributed by atoms with van der Waals surface area (Å²) in [5.41, 5.74) is 3.60. The summed E-state index contributed by atoms with van der Waals surface area (Å²) < 4.78 is 0. The number of nitrogens with zero attached hydrogens (tertiary/aromatic N) is 3. The van der Waals surface area contributed by atoms with Crippen LogP contribution >= 0.6 is 0 Å². The normalized spacial score (nSPS) is 10.4. The second-order valence-corrected chi connectivity index (χ2v) is 6.02. The first-order chi connectivity index (χ1) is 12.7. The summed E-state index contributed by atoms with van der Waals surface area (Å²) >= 11 is 0. The zero-order chi connectivity index (χ0) is 18.4. The van der Waals surface area contributed by atoms with Gasteiger partial charge in [0.1, 0.15) is 0 Å². The van der Waals surface area contributed by atoms with Gasteiger partial charge in [0, 0.05) is 18.8 Å². The van der Waals surface area contributed by atoms with Gasteiger partial charge in [0.25, 0.3) is 5.91 Å². The standard InChI is InChI=1S/C21H22N4O/c1-3-25(18-7-5-4-6-8-18)20-14-13-19(23-24-20)21(26)22-15-17-11-9-16(2)10-12-17/h4-14H,3,15H2,1-2H3,(H,22,26). The van der Waals surface area contributed by atoms with E-state index in [9.17, 15) is 4.79 Å². The summed E-state index contributed by atoms with van der Waals surface area (Å²) in [6.45, 7) is 5.32. The van der Waals surface area contributed by atoms with Crippen LogP contribution in [0.3, 0.4) is 0 Å². The number of aromatic nitrogens is 2. The highest BCUT2D eigenvalue weighted by molar-refractivity contribution is 5.92. The number of amides is 1. The van der Waals surface area contributed by atoms with Crippen molar-refractivity contribution in [3.05, 3.63) is 83.6 Å². The van der Waals surface area contributed by atoms with Gasteiger partial charge in [-0.1, -0.05) is 48.0 Å². The number of rotatable bonds is 6. The summed E-state index contributed by atoms with van der Waals surface area (Å²) in [5.74, 6) is 0.487. The van der Waals surface area contributed by atoms with Gasteiger partial charge >= 0.3 is 0 Å². The molecule has 26 heavy (non-hydrogen) atoms. The highest BCUT2D eigenvalue weighted by Gasteiger charge is 2.12. The smallest absolute Gasteiger partial charge is 0.272 e. The Morgan fingerprint density at radius 3 is 2.31 bits per heavy atom. The van der Waals surface area contributed by atoms with Gasteiger partial charge < -0.3 is 10.2 Å². The molecule has 0 aliphatic rings. The molecule has 0 aliphatic heterocycles. The highest BCUT2D eigenvalue weighted by atomic mass is 16.1. The predicted molar refractivity (Wildman–Crippen MR) is 104 cm³/mol. The molecule has 3 aromatic rings. The van der Waals surface area contributed by atoms with Gasteiger partial charge in [-0.25, -0.2) is 0 Å². The van der Waals surface area contributed by atoms with E-state index in [0.717, 1.165) is 17.8 Å². The lowest BCUT2D eigenvalue weighted by molar-refractivity contribution is 0.0945. The third-order valence-electron chi connectivity index (χ3n) is 4.12. The van der Waals surface area contributed by atoms with E-state index in [-0.39, 0.29) is 5.91 Å². The van der Waals surface area contributed by atoms with Gasteiger partial charge in [-0.2, -0.15) is 0 Å². The summed E-state index contributed by atoms with van der Waals surface area (Å²) in [6, 6.07) is 21.6. The lowest BCUT2D eigenvalue weighted by Gasteiger charge is -2.21. The molecule has 3 rings (SSSR count). The van der Waals surface area contributed by atoms with Crippen LogP contribution in [0.4, 0.5) is 11.5 Å². The fraction of sp³-hybridized carbons (Fsp3) is 0.190. The monoisotopic (exact) mass is 346 g/mol. The SMILES string of the molecule is CCN(c1ccccc1)c1ccc(C(=O)NCc2ccc(C)cc2)nn1. The number of nitrogens with one attached hydrogen (secondary N) is 1. The molecule has 0 radical (unpaired) electrons. The average molecular weight is 346 g/mol. The number of hydrogen-bond donors (Lipinski definition) is 1. The van der Waals surface area contributed by atoms with Crippen LogP contribution in [0.1, 0.15) is 28.5 Å². The maximum Gasteiger partial charge on any atom is 0.272 e. The molecule has 1 aromatic heterocycles. The van der Waals surface area contributed by atoms with Crippen molar-refractivity contribution >= 4 is 17.4 Å². The Labute approximate surface area is 153 Å². The Bertz CT molecular complexity index is 845. The van der Waals surface area contributed by atoms with Crippen LogP contribution in [0.25, 0.3) is 0 Å². The zero-order valence-corrected chi connectivity index (χ0v) is 15.0. The first-order valence-corrected chi connectivity index (χ1v) is 8.67. The van der Waals surface area contributed by atoms with Gasteiger partial charge in [0.2, 0.25) is 0 Å². The molecule has 0 spiro atoms. The molecule has 1 N–H and O–H groups in total. The molecule has 0 saturated heterocycles. The van der Waals surface area contributed by atoms with E-state index >= 15 is 0 Å². The number of para-hydroxylation sites is 1. The Hall–Kier alpha value is -3.21. The van der Waals surface area contributed by atoms with Crippen LogP contribution in [-0.2, 0) is 6.54 Å². The molecule has 0 bridgehead atoms. The number of aryl methyl sites for hydroxylation is 1. The lowest BCUT2D eigenvalue weighted by Crippen LogP contribution is -2.25. The Morgan fingerprint density at radius 2 is 1.69 bits per heavy atom. The van der Waals surface area contributed by atoms with Crippen molar-refractivity contribution in [2.24, 2.45) is 0 Å². The minimum Gasteiger partial charge on any atom is -0.347 e. The van der Waals surface area contributed by atoms with Crippen LogP contribution in [0.2, 0.25) is 0 Å². The molecule has 132 valence electrons. The maximum absolute atomic E-state index is 12.3. The van der Waals surface area contributed by atoms with Crippen LogP contribution in [0, 0.1) is 6.92 Å². The van der Waals surface area contributed by atoms with Crippen LogP contribution in [-0.4, -0.2) is 22.6 Å². The van der Waals surface area contributed by atoms with E-state index in [0.29, 0.717) is 18.1 Å². The fourth-order valence-electron chi connectivity index (χ4n) is 2.65. The Morgan fingerprint density at radius 1 is 0.962 bits per heavy atom. The zero-order valence-electron chi connectivity index (χ0n) is 15.0. The van der Waals surface area contributed by atoms with Gasteiger partial charge in [0.15, 0.2) is 11.5 Å². The second kappa shape index (κ2) is 8.25. The molecule has 5 heteroatoms. The topological polar surface area (TPSA) is 58.1 Å². The summed E-state index contributed by atoms with van der Waals surface area (Å²) in [4.78, 5) is 14.3. The summed E-state index contributed by atoms with van der Waals surface area (Å²) in [7, 11) is 0. The Kier molecular flexibility index (Phi) is 5.59. The van der Waals surface area contributed by atoms with Crippen molar-refractivity contribution in [1.29, 1.82) is 0 Å². The highest BCUT2D eigenvalue weighted by Crippen LogP contribution is 2.22. The van der Waals surface area contributed by atoms with Gasteiger partial charge in [-0.05, 0) is 43.7 Å². The average Bonchev–Trinajstić information content (AvgIpc) is 2.69. The van der Waals surface area contributed by atoms with Crippen molar-refractivity contribution < 1.29 is 4.79 Å². The first-order valence-electron chi connectivity index (χ1n) is 8.67. The molecule has 2 aromatic carbocycles. The maximum atomic E-state index is 12.3. The number of benzene rings is 2. The quantitative estimate of drug-likeness (QED) is 0.736. The summed E-state index contributed by atoms with van der Waals surface area (Å²) in [5, 5.41) is 11.2. The van der Waals surface area contributed by atoms with E-state index in [2.05, 4.69) is 22.4 Å².